The van der Waals surface area contributed by atoms with E-state index in [1.807, 2.05) is 6.07 Å². The lowest BCUT2D eigenvalue weighted by Crippen LogP contribution is -2.33. The van der Waals surface area contributed by atoms with Crippen LogP contribution in [0.5, 0.6) is 11.5 Å². The maximum atomic E-state index is 12.1. The molecule has 130 valence electrons. The fourth-order valence-corrected chi connectivity index (χ4v) is 2.64. The van der Waals surface area contributed by atoms with Crippen LogP contribution in [0, 0.1) is 11.3 Å². The van der Waals surface area contributed by atoms with Gasteiger partial charge in [0, 0.05) is 25.1 Å². The number of anilines is 1. The molecule has 1 aromatic heterocycles. The van der Waals surface area contributed by atoms with Gasteiger partial charge in [0.25, 0.3) is 0 Å². The second-order valence-corrected chi connectivity index (χ2v) is 5.42. The number of rotatable bonds is 4. The maximum absolute atomic E-state index is 12.1. The van der Waals surface area contributed by atoms with Crippen LogP contribution >= 0.6 is 0 Å². The summed E-state index contributed by atoms with van der Waals surface area (Å²) in [5.41, 5.74) is 6.85. The number of ether oxygens (including phenoxy) is 4. The standard InChI is InChI=1S/C17H17N3O5/c1-22-8-12-9-24-13-4-3-11(5-14(13)25-12)20-7-10(6-18)15(19)16(20)17(21)23-2/h3-5,7,12H,8-9,19H2,1-2H3. The molecule has 0 saturated carbocycles. The first-order valence-corrected chi connectivity index (χ1v) is 7.51. The number of nitrogen functional groups attached to an aromatic ring is 1. The second kappa shape index (κ2) is 6.75. The van der Waals surface area contributed by atoms with Crippen LogP contribution in [0.4, 0.5) is 5.69 Å². The van der Waals surface area contributed by atoms with Crippen LogP contribution in [0.2, 0.25) is 0 Å². The molecule has 0 bridgehead atoms. The molecule has 0 radical (unpaired) electrons. The smallest absolute Gasteiger partial charge is 0.357 e. The van der Waals surface area contributed by atoms with Gasteiger partial charge in [-0.25, -0.2) is 4.79 Å². The van der Waals surface area contributed by atoms with Crippen molar-refractivity contribution in [2.75, 3.05) is 33.2 Å². The Morgan fingerprint density at radius 3 is 2.92 bits per heavy atom. The van der Waals surface area contributed by atoms with Crippen LogP contribution in [0.15, 0.2) is 24.4 Å². The SMILES string of the molecule is COCC1COc2ccc(-n3cc(C#N)c(N)c3C(=O)OC)cc2O1. The van der Waals surface area contributed by atoms with Gasteiger partial charge in [-0.2, -0.15) is 5.26 Å². The molecule has 0 aliphatic carbocycles. The van der Waals surface area contributed by atoms with Gasteiger partial charge in [0.2, 0.25) is 0 Å². The molecule has 2 heterocycles. The Morgan fingerprint density at radius 2 is 2.24 bits per heavy atom. The van der Waals surface area contributed by atoms with E-state index in [1.165, 1.54) is 17.9 Å². The molecule has 1 aliphatic rings. The molecule has 1 atom stereocenters. The molecule has 8 heteroatoms. The van der Waals surface area contributed by atoms with Gasteiger partial charge in [0.05, 0.1) is 25.0 Å². The Bertz CT molecular complexity index is 853. The van der Waals surface area contributed by atoms with Crippen LogP contribution in [0.25, 0.3) is 5.69 Å². The summed E-state index contributed by atoms with van der Waals surface area (Å²) in [7, 11) is 2.84. The molecular weight excluding hydrogens is 326 g/mol. The number of nitrogens with two attached hydrogens (primary N) is 1. The van der Waals surface area contributed by atoms with Crippen molar-refractivity contribution in [2.45, 2.75) is 6.10 Å². The molecule has 1 aromatic carbocycles. The van der Waals surface area contributed by atoms with Crippen molar-refractivity contribution in [1.82, 2.24) is 4.57 Å². The highest BCUT2D eigenvalue weighted by Gasteiger charge is 2.25. The van der Waals surface area contributed by atoms with Crippen molar-refractivity contribution in [3.63, 3.8) is 0 Å². The van der Waals surface area contributed by atoms with Crippen molar-refractivity contribution in [3.05, 3.63) is 35.7 Å². The van der Waals surface area contributed by atoms with E-state index in [2.05, 4.69) is 0 Å². The van der Waals surface area contributed by atoms with Crippen molar-refractivity contribution in [1.29, 1.82) is 5.26 Å². The topological polar surface area (TPSA) is 109 Å². The maximum Gasteiger partial charge on any atom is 0.357 e. The van der Waals surface area contributed by atoms with Crippen molar-refractivity contribution < 1.29 is 23.7 Å². The van der Waals surface area contributed by atoms with Gasteiger partial charge in [-0.05, 0) is 12.1 Å². The number of benzene rings is 1. The molecule has 0 amide bonds. The second-order valence-electron chi connectivity index (χ2n) is 5.42. The normalized spacial score (nSPS) is 15.5. The Labute approximate surface area is 144 Å². The van der Waals surface area contributed by atoms with Crippen molar-refractivity contribution in [3.8, 4) is 23.3 Å². The Balaban J connectivity index is 2.05. The Hall–Kier alpha value is -3.18. The number of esters is 1. The molecule has 0 fully saturated rings. The zero-order chi connectivity index (χ0) is 18.0. The largest absolute Gasteiger partial charge is 0.486 e. The summed E-state index contributed by atoms with van der Waals surface area (Å²) < 4.78 is 22.9. The van der Waals surface area contributed by atoms with Crippen LogP contribution in [0.1, 0.15) is 16.1 Å². The zero-order valence-electron chi connectivity index (χ0n) is 13.8. The summed E-state index contributed by atoms with van der Waals surface area (Å²) >= 11 is 0. The van der Waals surface area contributed by atoms with Gasteiger partial charge in [-0.1, -0.05) is 0 Å². The van der Waals surface area contributed by atoms with Gasteiger partial charge in [-0.15, -0.1) is 0 Å². The summed E-state index contributed by atoms with van der Waals surface area (Å²) in [5.74, 6) is 0.481. The fourth-order valence-electron chi connectivity index (χ4n) is 2.64. The van der Waals surface area contributed by atoms with Gasteiger partial charge in [0.1, 0.15) is 12.7 Å². The third-order valence-electron chi connectivity index (χ3n) is 3.82. The minimum Gasteiger partial charge on any atom is -0.486 e. The van der Waals surface area contributed by atoms with Crippen LogP contribution in [-0.4, -0.2) is 44.1 Å². The van der Waals surface area contributed by atoms with E-state index in [9.17, 15) is 10.1 Å². The summed E-state index contributed by atoms with van der Waals surface area (Å²) in [5, 5.41) is 9.19. The third kappa shape index (κ3) is 2.97. The fraction of sp³-hybridized carbons (Fsp3) is 0.294. The number of hydrogen-bond acceptors (Lipinski definition) is 7. The average Bonchev–Trinajstić information content (AvgIpc) is 2.97. The summed E-state index contributed by atoms with van der Waals surface area (Å²) in [4.78, 5) is 12.1. The number of hydrogen-bond donors (Lipinski definition) is 1. The van der Waals surface area contributed by atoms with Gasteiger partial charge in [-0.3, -0.25) is 0 Å². The van der Waals surface area contributed by atoms with Gasteiger partial charge in [0.15, 0.2) is 23.3 Å². The summed E-state index contributed by atoms with van der Waals surface area (Å²) in [6.07, 6.45) is 1.26. The lowest BCUT2D eigenvalue weighted by atomic mass is 10.2. The first kappa shape index (κ1) is 16.7. The molecule has 0 saturated heterocycles. The average molecular weight is 343 g/mol. The van der Waals surface area contributed by atoms with Gasteiger partial charge < -0.3 is 29.2 Å². The molecular formula is C17H17N3O5. The van der Waals surface area contributed by atoms with E-state index in [4.69, 9.17) is 24.7 Å². The quantitative estimate of drug-likeness (QED) is 0.838. The monoisotopic (exact) mass is 343 g/mol. The molecule has 0 spiro atoms. The number of carbonyl (C=O) groups is 1. The molecule has 1 unspecified atom stereocenters. The number of aromatic nitrogens is 1. The van der Waals surface area contributed by atoms with Gasteiger partial charge >= 0.3 is 5.97 Å². The molecule has 2 aromatic rings. The number of nitriles is 1. The molecule has 8 nitrogen and oxygen atoms in total. The number of fused-ring (bicyclic) bond motifs is 1. The predicted octanol–water partition coefficient (Wildman–Crippen LogP) is 1.50. The molecule has 1 aliphatic heterocycles. The minimum atomic E-state index is -0.633. The van der Waals surface area contributed by atoms with E-state index >= 15 is 0 Å². The van der Waals surface area contributed by atoms with Crippen LogP contribution in [0.3, 0.4) is 0 Å². The number of nitrogens with zero attached hydrogens (tertiary/aromatic N) is 2. The molecule has 25 heavy (non-hydrogen) atoms. The first-order valence-electron chi connectivity index (χ1n) is 7.51. The van der Waals surface area contributed by atoms with Crippen LogP contribution < -0.4 is 15.2 Å². The zero-order valence-corrected chi connectivity index (χ0v) is 13.8. The predicted molar refractivity (Wildman–Crippen MR) is 88.0 cm³/mol. The third-order valence-corrected chi connectivity index (χ3v) is 3.82. The van der Waals surface area contributed by atoms with E-state index in [-0.39, 0.29) is 23.0 Å². The highest BCUT2D eigenvalue weighted by atomic mass is 16.6. The lowest BCUT2D eigenvalue weighted by molar-refractivity contribution is 0.0272. The van der Waals surface area contributed by atoms with E-state index < -0.39 is 5.97 Å². The van der Waals surface area contributed by atoms with E-state index in [0.717, 1.165) is 0 Å². The van der Waals surface area contributed by atoms with Crippen molar-refractivity contribution in [2.24, 2.45) is 0 Å². The van der Waals surface area contributed by atoms with E-state index in [0.29, 0.717) is 30.4 Å². The first-order chi connectivity index (χ1) is 12.1. The van der Waals surface area contributed by atoms with Crippen molar-refractivity contribution >= 4 is 11.7 Å². The number of carbonyl (C=O) groups excluding carboxylic acids is 1. The number of methoxy groups -OCH3 is 2. The molecule has 3 rings (SSSR count). The lowest BCUT2D eigenvalue weighted by Gasteiger charge is -2.26. The highest BCUT2D eigenvalue weighted by Crippen LogP contribution is 2.35. The molecule has 2 N–H and O–H groups in total. The Kier molecular flexibility index (Phi) is 4.50. The minimum absolute atomic E-state index is 0.0708. The van der Waals surface area contributed by atoms with Crippen LogP contribution in [-0.2, 0) is 9.47 Å². The summed E-state index contributed by atoms with van der Waals surface area (Å²) in [6, 6.07) is 7.15. The van der Waals surface area contributed by atoms with E-state index in [1.54, 1.807) is 25.3 Å². The Morgan fingerprint density at radius 1 is 1.44 bits per heavy atom. The summed E-state index contributed by atoms with van der Waals surface area (Å²) in [6.45, 7) is 0.786. The highest BCUT2D eigenvalue weighted by molar-refractivity contribution is 5.96.